The first-order chi connectivity index (χ1) is 11.7. The van der Waals surface area contributed by atoms with Crippen molar-refractivity contribution in [2.45, 2.75) is 18.3 Å². The number of nitrogens with one attached hydrogen (secondary N) is 3. The standard InChI is InChI=1S/C14H14F3N5O2S/c1-8-2-4-9(5-3-8)11-20-13(22-21-11)25-6-10(23)19-12(24)18-7-14(15,16)17/h2-5H,6-7H2,1H3,(H,20,21,22)(H2,18,19,23,24). The van der Waals surface area contributed by atoms with Gasteiger partial charge in [-0.05, 0) is 6.92 Å². The topological polar surface area (TPSA) is 99.8 Å². The van der Waals surface area contributed by atoms with E-state index in [-0.39, 0.29) is 10.9 Å². The Kier molecular flexibility index (Phi) is 6.02. The molecule has 3 N–H and O–H groups in total. The number of hydrogen-bond donors (Lipinski definition) is 3. The number of urea groups is 1. The monoisotopic (exact) mass is 373 g/mol. The minimum Gasteiger partial charge on any atom is -0.329 e. The first-order valence-electron chi connectivity index (χ1n) is 6.99. The summed E-state index contributed by atoms with van der Waals surface area (Å²) in [5.74, 6) is -0.456. The van der Waals surface area contributed by atoms with Crippen LogP contribution in [0.5, 0.6) is 0 Å². The van der Waals surface area contributed by atoms with Gasteiger partial charge in [-0.3, -0.25) is 15.2 Å². The Bertz CT molecular complexity index is 746. The van der Waals surface area contributed by atoms with Crippen LogP contribution in [0, 0.1) is 6.92 Å². The van der Waals surface area contributed by atoms with Gasteiger partial charge in [-0.2, -0.15) is 13.2 Å². The molecule has 0 aliphatic rings. The molecule has 11 heteroatoms. The molecule has 2 rings (SSSR count). The molecule has 0 spiro atoms. The van der Waals surface area contributed by atoms with E-state index in [1.165, 1.54) is 5.32 Å². The van der Waals surface area contributed by atoms with Crippen molar-refractivity contribution in [3.05, 3.63) is 29.8 Å². The van der Waals surface area contributed by atoms with E-state index < -0.39 is 24.7 Å². The molecule has 0 unspecified atom stereocenters. The molecule has 0 radical (unpaired) electrons. The number of H-pyrrole nitrogens is 1. The number of nitrogens with zero attached hydrogens (tertiary/aromatic N) is 2. The fourth-order valence-corrected chi connectivity index (χ4v) is 2.27. The summed E-state index contributed by atoms with van der Waals surface area (Å²) in [6, 6.07) is 6.34. The van der Waals surface area contributed by atoms with Gasteiger partial charge in [0.25, 0.3) is 0 Å². The molecule has 1 aromatic carbocycles. The number of alkyl halides is 3. The van der Waals surface area contributed by atoms with Crippen molar-refractivity contribution < 1.29 is 22.8 Å². The second-order valence-electron chi connectivity index (χ2n) is 4.97. The molecule has 134 valence electrons. The highest BCUT2D eigenvalue weighted by Gasteiger charge is 2.27. The summed E-state index contributed by atoms with van der Waals surface area (Å²) in [6.07, 6.45) is -4.54. The van der Waals surface area contributed by atoms with Gasteiger partial charge in [0, 0.05) is 5.56 Å². The lowest BCUT2D eigenvalue weighted by Gasteiger charge is -2.08. The predicted molar refractivity (Wildman–Crippen MR) is 84.9 cm³/mol. The molecule has 1 heterocycles. The molecule has 0 saturated carbocycles. The summed E-state index contributed by atoms with van der Waals surface area (Å²) in [5.41, 5.74) is 1.92. The summed E-state index contributed by atoms with van der Waals surface area (Å²) < 4.78 is 35.8. The molecule has 1 aromatic heterocycles. The Labute approximate surface area is 144 Å². The van der Waals surface area contributed by atoms with Gasteiger partial charge in [0.1, 0.15) is 6.54 Å². The van der Waals surface area contributed by atoms with Crippen LogP contribution in [0.2, 0.25) is 0 Å². The van der Waals surface area contributed by atoms with Gasteiger partial charge in [-0.15, -0.1) is 5.10 Å². The second kappa shape index (κ2) is 8.01. The number of carbonyl (C=O) groups excluding carboxylic acids is 2. The maximum Gasteiger partial charge on any atom is 0.405 e. The van der Waals surface area contributed by atoms with Crippen molar-refractivity contribution in [1.82, 2.24) is 25.8 Å². The van der Waals surface area contributed by atoms with Gasteiger partial charge in [-0.1, -0.05) is 41.6 Å². The van der Waals surface area contributed by atoms with Crippen LogP contribution < -0.4 is 10.6 Å². The fourth-order valence-electron chi connectivity index (χ4n) is 1.67. The highest BCUT2D eigenvalue weighted by molar-refractivity contribution is 7.99. The summed E-state index contributed by atoms with van der Waals surface area (Å²) in [7, 11) is 0. The van der Waals surface area contributed by atoms with E-state index in [2.05, 4.69) is 15.2 Å². The van der Waals surface area contributed by atoms with Crippen LogP contribution in [-0.2, 0) is 4.79 Å². The summed E-state index contributed by atoms with van der Waals surface area (Å²) >= 11 is 0.945. The smallest absolute Gasteiger partial charge is 0.329 e. The van der Waals surface area contributed by atoms with Crippen LogP contribution in [0.4, 0.5) is 18.0 Å². The number of thioether (sulfide) groups is 1. The third-order valence-electron chi connectivity index (χ3n) is 2.82. The second-order valence-corrected chi connectivity index (χ2v) is 5.91. The van der Waals surface area contributed by atoms with Gasteiger partial charge in [0.2, 0.25) is 11.1 Å². The van der Waals surface area contributed by atoms with Crippen molar-refractivity contribution in [3.63, 3.8) is 0 Å². The van der Waals surface area contributed by atoms with E-state index in [9.17, 15) is 22.8 Å². The Hall–Kier alpha value is -2.56. The summed E-state index contributed by atoms with van der Waals surface area (Å²) in [5, 5.41) is 10.3. The average molecular weight is 373 g/mol. The summed E-state index contributed by atoms with van der Waals surface area (Å²) in [4.78, 5) is 26.9. The van der Waals surface area contributed by atoms with Crippen LogP contribution in [0.15, 0.2) is 29.4 Å². The highest BCUT2D eigenvalue weighted by Crippen LogP contribution is 2.19. The van der Waals surface area contributed by atoms with Crippen molar-refractivity contribution in [3.8, 4) is 11.4 Å². The highest BCUT2D eigenvalue weighted by atomic mass is 32.2. The normalized spacial score (nSPS) is 11.2. The van der Waals surface area contributed by atoms with Crippen LogP contribution in [0.25, 0.3) is 11.4 Å². The molecule has 0 saturated heterocycles. The van der Waals surface area contributed by atoms with Crippen LogP contribution in [0.3, 0.4) is 0 Å². The Morgan fingerprint density at radius 1 is 1.24 bits per heavy atom. The van der Waals surface area contributed by atoms with Crippen molar-refractivity contribution >= 4 is 23.7 Å². The molecular weight excluding hydrogens is 359 g/mol. The van der Waals surface area contributed by atoms with Crippen LogP contribution >= 0.6 is 11.8 Å². The lowest BCUT2D eigenvalue weighted by atomic mass is 10.1. The molecule has 0 bridgehead atoms. The first kappa shape index (κ1) is 18.8. The molecule has 7 nitrogen and oxygen atoms in total. The Morgan fingerprint density at radius 3 is 2.56 bits per heavy atom. The molecule has 2 aromatic rings. The van der Waals surface area contributed by atoms with E-state index in [4.69, 9.17) is 0 Å². The van der Waals surface area contributed by atoms with E-state index in [0.717, 1.165) is 22.9 Å². The summed E-state index contributed by atoms with van der Waals surface area (Å²) in [6.45, 7) is 0.439. The molecule has 0 fully saturated rings. The number of amides is 3. The first-order valence-corrected chi connectivity index (χ1v) is 7.98. The Balaban J connectivity index is 1.80. The van der Waals surface area contributed by atoms with Gasteiger partial charge >= 0.3 is 12.2 Å². The zero-order valence-corrected chi connectivity index (χ0v) is 13.8. The molecular formula is C14H14F3N5O2S. The lowest BCUT2D eigenvalue weighted by Crippen LogP contribution is -2.43. The number of imide groups is 1. The number of halogens is 3. The van der Waals surface area contributed by atoms with Crippen molar-refractivity contribution in [2.75, 3.05) is 12.3 Å². The lowest BCUT2D eigenvalue weighted by molar-refractivity contribution is -0.124. The number of rotatable bonds is 5. The Morgan fingerprint density at radius 2 is 1.92 bits per heavy atom. The molecule has 3 amide bonds. The average Bonchev–Trinajstić information content (AvgIpc) is 3.00. The molecule has 0 aliphatic heterocycles. The van der Waals surface area contributed by atoms with Gasteiger partial charge in [0.05, 0.1) is 5.75 Å². The van der Waals surface area contributed by atoms with E-state index in [1.807, 2.05) is 31.2 Å². The van der Waals surface area contributed by atoms with Crippen molar-refractivity contribution in [1.29, 1.82) is 0 Å². The number of aromatic amines is 1. The zero-order valence-electron chi connectivity index (χ0n) is 13.0. The number of carbonyl (C=O) groups is 2. The number of aryl methyl sites for hydroxylation is 1. The number of benzene rings is 1. The minimum atomic E-state index is -4.54. The maximum absolute atomic E-state index is 11.9. The third-order valence-corrected chi connectivity index (χ3v) is 3.67. The van der Waals surface area contributed by atoms with Crippen molar-refractivity contribution in [2.24, 2.45) is 0 Å². The SMILES string of the molecule is Cc1ccc(-c2nc(SCC(=O)NC(=O)NCC(F)(F)F)n[nH]2)cc1. The van der Waals surface area contributed by atoms with Crippen LogP contribution in [-0.4, -0.2) is 45.6 Å². The molecule has 25 heavy (non-hydrogen) atoms. The van der Waals surface area contributed by atoms with E-state index in [0.29, 0.717) is 5.82 Å². The van der Waals surface area contributed by atoms with Gasteiger partial charge in [0.15, 0.2) is 5.82 Å². The predicted octanol–water partition coefficient (Wildman–Crippen LogP) is 2.26. The van der Waals surface area contributed by atoms with E-state index >= 15 is 0 Å². The minimum absolute atomic E-state index is 0.218. The van der Waals surface area contributed by atoms with Gasteiger partial charge < -0.3 is 5.32 Å². The van der Waals surface area contributed by atoms with Crippen LogP contribution in [0.1, 0.15) is 5.56 Å². The largest absolute Gasteiger partial charge is 0.405 e. The molecule has 0 aliphatic carbocycles. The molecule has 0 atom stereocenters. The van der Waals surface area contributed by atoms with Gasteiger partial charge in [-0.25, -0.2) is 9.78 Å². The van der Waals surface area contributed by atoms with E-state index in [1.54, 1.807) is 5.32 Å². The third kappa shape index (κ3) is 6.45. The quantitative estimate of drug-likeness (QED) is 0.698. The number of hydrogen-bond acceptors (Lipinski definition) is 5. The fraction of sp³-hybridized carbons (Fsp3) is 0.286. The maximum atomic E-state index is 11.9. The number of aromatic nitrogens is 3. The zero-order chi connectivity index (χ0) is 18.4.